The molecule has 1 aliphatic rings. The molecule has 2 nitrogen and oxygen atoms in total. The zero-order valence-electron chi connectivity index (χ0n) is 7.75. The predicted octanol–water partition coefficient (Wildman–Crippen LogP) is 2.23. The SMILES string of the molecule is CCO/C=C\CC1(O)CCCC1. The molecule has 12 heavy (non-hydrogen) atoms. The van der Waals surface area contributed by atoms with Crippen molar-refractivity contribution in [2.75, 3.05) is 6.61 Å². The van der Waals surface area contributed by atoms with Gasteiger partial charge in [-0.15, -0.1) is 0 Å². The van der Waals surface area contributed by atoms with Gasteiger partial charge in [-0.25, -0.2) is 0 Å². The summed E-state index contributed by atoms with van der Waals surface area (Å²) in [4.78, 5) is 0. The molecule has 0 aromatic rings. The average molecular weight is 170 g/mol. The molecule has 70 valence electrons. The molecule has 0 unspecified atom stereocenters. The van der Waals surface area contributed by atoms with Crippen LogP contribution in [0, 0.1) is 0 Å². The van der Waals surface area contributed by atoms with Crippen molar-refractivity contribution in [3.8, 4) is 0 Å². The van der Waals surface area contributed by atoms with E-state index in [-0.39, 0.29) is 0 Å². The molecule has 1 N–H and O–H groups in total. The first kappa shape index (κ1) is 9.59. The normalized spacial score (nSPS) is 21.8. The highest BCUT2D eigenvalue weighted by Gasteiger charge is 2.29. The van der Waals surface area contributed by atoms with Crippen molar-refractivity contribution in [3.63, 3.8) is 0 Å². The van der Waals surface area contributed by atoms with E-state index in [9.17, 15) is 5.11 Å². The highest BCUT2D eigenvalue weighted by Crippen LogP contribution is 2.32. The molecule has 1 rings (SSSR count). The van der Waals surface area contributed by atoms with Crippen LogP contribution in [-0.2, 0) is 4.74 Å². The Morgan fingerprint density at radius 2 is 2.08 bits per heavy atom. The molecule has 0 heterocycles. The molecule has 0 aromatic heterocycles. The van der Waals surface area contributed by atoms with E-state index in [1.165, 1.54) is 12.8 Å². The molecule has 0 spiro atoms. The Bertz CT molecular complexity index is 146. The lowest BCUT2D eigenvalue weighted by Gasteiger charge is -2.19. The fraction of sp³-hybridized carbons (Fsp3) is 0.800. The third-order valence-electron chi connectivity index (χ3n) is 2.39. The van der Waals surface area contributed by atoms with E-state index in [4.69, 9.17) is 4.74 Å². The smallest absolute Gasteiger partial charge is 0.0845 e. The second-order valence-electron chi connectivity index (χ2n) is 3.46. The van der Waals surface area contributed by atoms with Gasteiger partial charge in [-0.1, -0.05) is 12.8 Å². The van der Waals surface area contributed by atoms with Crippen LogP contribution in [0.15, 0.2) is 12.3 Å². The number of ether oxygens (including phenoxy) is 1. The van der Waals surface area contributed by atoms with E-state index >= 15 is 0 Å². The molecule has 0 saturated heterocycles. The summed E-state index contributed by atoms with van der Waals surface area (Å²) in [5.41, 5.74) is -0.423. The Morgan fingerprint density at radius 3 is 2.67 bits per heavy atom. The van der Waals surface area contributed by atoms with Crippen LogP contribution in [0.3, 0.4) is 0 Å². The average Bonchev–Trinajstić information content (AvgIpc) is 2.47. The largest absolute Gasteiger partial charge is 0.502 e. The minimum atomic E-state index is -0.423. The van der Waals surface area contributed by atoms with Gasteiger partial charge in [0.2, 0.25) is 0 Å². The molecule has 1 saturated carbocycles. The Morgan fingerprint density at radius 1 is 1.42 bits per heavy atom. The summed E-state index contributed by atoms with van der Waals surface area (Å²) >= 11 is 0. The third-order valence-corrected chi connectivity index (χ3v) is 2.39. The Kier molecular flexibility index (Phi) is 3.60. The second kappa shape index (κ2) is 4.51. The Labute approximate surface area is 74.2 Å². The minimum absolute atomic E-state index is 0.423. The number of aliphatic hydroxyl groups is 1. The van der Waals surface area contributed by atoms with Crippen LogP contribution in [0.5, 0.6) is 0 Å². The van der Waals surface area contributed by atoms with E-state index < -0.39 is 5.60 Å². The van der Waals surface area contributed by atoms with Crippen molar-refractivity contribution in [1.29, 1.82) is 0 Å². The lowest BCUT2D eigenvalue weighted by molar-refractivity contribution is 0.0502. The summed E-state index contributed by atoms with van der Waals surface area (Å²) in [6.45, 7) is 2.66. The maximum absolute atomic E-state index is 9.88. The maximum Gasteiger partial charge on any atom is 0.0845 e. The highest BCUT2D eigenvalue weighted by molar-refractivity contribution is 4.91. The van der Waals surface area contributed by atoms with Gasteiger partial charge >= 0.3 is 0 Å². The van der Waals surface area contributed by atoms with Crippen molar-refractivity contribution >= 4 is 0 Å². The van der Waals surface area contributed by atoms with E-state index in [0.717, 1.165) is 19.3 Å². The third kappa shape index (κ3) is 2.86. The van der Waals surface area contributed by atoms with Crippen molar-refractivity contribution in [2.45, 2.75) is 44.6 Å². The quantitative estimate of drug-likeness (QED) is 0.656. The van der Waals surface area contributed by atoms with Crippen LogP contribution >= 0.6 is 0 Å². The molecular formula is C10H18O2. The summed E-state index contributed by atoms with van der Waals surface area (Å²) in [6, 6.07) is 0. The Balaban J connectivity index is 2.20. The minimum Gasteiger partial charge on any atom is -0.502 e. The van der Waals surface area contributed by atoms with Crippen LogP contribution < -0.4 is 0 Å². The molecule has 2 heteroatoms. The summed E-state index contributed by atoms with van der Waals surface area (Å²) in [5, 5.41) is 9.88. The van der Waals surface area contributed by atoms with Gasteiger partial charge in [-0.3, -0.25) is 0 Å². The molecule has 0 atom stereocenters. The molecule has 0 bridgehead atoms. The first-order valence-corrected chi connectivity index (χ1v) is 4.76. The first-order chi connectivity index (χ1) is 5.77. The summed E-state index contributed by atoms with van der Waals surface area (Å²) in [6.07, 6.45) is 8.59. The van der Waals surface area contributed by atoms with Gasteiger partial charge in [0.15, 0.2) is 0 Å². The van der Waals surface area contributed by atoms with Gasteiger partial charge in [0.1, 0.15) is 0 Å². The standard InChI is InChI=1S/C10H18O2/c1-2-12-9-5-8-10(11)6-3-4-7-10/h5,9,11H,2-4,6-8H2,1H3/b9-5-. The fourth-order valence-electron chi connectivity index (χ4n) is 1.67. The van der Waals surface area contributed by atoms with Crippen LogP contribution in [-0.4, -0.2) is 17.3 Å². The first-order valence-electron chi connectivity index (χ1n) is 4.76. The second-order valence-corrected chi connectivity index (χ2v) is 3.46. The van der Waals surface area contributed by atoms with Crippen LogP contribution in [0.1, 0.15) is 39.0 Å². The van der Waals surface area contributed by atoms with Gasteiger partial charge in [0.05, 0.1) is 18.5 Å². The van der Waals surface area contributed by atoms with Gasteiger partial charge < -0.3 is 9.84 Å². The predicted molar refractivity (Wildman–Crippen MR) is 48.8 cm³/mol. The van der Waals surface area contributed by atoms with Crippen molar-refractivity contribution in [3.05, 3.63) is 12.3 Å². The van der Waals surface area contributed by atoms with Crippen LogP contribution in [0.2, 0.25) is 0 Å². The van der Waals surface area contributed by atoms with Gasteiger partial charge in [0, 0.05) is 0 Å². The van der Waals surface area contributed by atoms with Crippen molar-refractivity contribution in [1.82, 2.24) is 0 Å². The van der Waals surface area contributed by atoms with E-state index in [2.05, 4.69) is 0 Å². The zero-order chi connectivity index (χ0) is 8.86. The fourth-order valence-corrected chi connectivity index (χ4v) is 1.67. The summed E-state index contributed by atoms with van der Waals surface area (Å²) < 4.78 is 5.05. The summed E-state index contributed by atoms with van der Waals surface area (Å²) in [5.74, 6) is 0. The van der Waals surface area contributed by atoms with Gasteiger partial charge in [-0.2, -0.15) is 0 Å². The van der Waals surface area contributed by atoms with Gasteiger partial charge in [-0.05, 0) is 32.3 Å². The van der Waals surface area contributed by atoms with Crippen LogP contribution in [0.4, 0.5) is 0 Å². The van der Waals surface area contributed by atoms with Crippen LogP contribution in [0.25, 0.3) is 0 Å². The highest BCUT2D eigenvalue weighted by atomic mass is 16.5. The Hall–Kier alpha value is -0.500. The molecule has 1 aliphatic carbocycles. The monoisotopic (exact) mass is 170 g/mol. The number of rotatable bonds is 4. The lowest BCUT2D eigenvalue weighted by atomic mass is 9.98. The molecule has 1 fully saturated rings. The molecule has 0 radical (unpaired) electrons. The van der Waals surface area contributed by atoms with Crippen molar-refractivity contribution < 1.29 is 9.84 Å². The van der Waals surface area contributed by atoms with Gasteiger partial charge in [0.25, 0.3) is 0 Å². The van der Waals surface area contributed by atoms with E-state index in [1.807, 2.05) is 13.0 Å². The number of hydrogen-bond donors (Lipinski definition) is 1. The van der Waals surface area contributed by atoms with Crippen molar-refractivity contribution in [2.24, 2.45) is 0 Å². The lowest BCUT2D eigenvalue weighted by Crippen LogP contribution is -2.22. The molecule has 0 aromatic carbocycles. The zero-order valence-corrected chi connectivity index (χ0v) is 7.75. The maximum atomic E-state index is 9.88. The number of hydrogen-bond acceptors (Lipinski definition) is 2. The topological polar surface area (TPSA) is 29.5 Å². The van der Waals surface area contributed by atoms with E-state index in [0.29, 0.717) is 6.61 Å². The molecule has 0 amide bonds. The van der Waals surface area contributed by atoms with E-state index in [1.54, 1.807) is 6.26 Å². The molecule has 0 aliphatic heterocycles. The summed E-state index contributed by atoms with van der Waals surface area (Å²) in [7, 11) is 0. The molecular weight excluding hydrogens is 152 g/mol.